The van der Waals surface area contributed by atoms with Crippen LogP contribution in [-0.4, -0.2) is 51.0 Å². The molecule has 0 amide bonds. The lowest BCUT2D eigenvalue weighted by atomic mass is 9.42. The van der Waals surface area contributed by atoms with Crippen LogP contribution < -0.4 is 0 Å². The average molecular weight is 471 g/mol. The van der Waals surface area contributed by atoms with Crippen molar-refractivity contribution in [2.24, 2.45) is 28.6 Å². The summed E-state index contributed by atoms with van der Waals surface area (Å²) in [6.07, 6.45) is 2.41. The zero-order chi connectivity index (χ0) is 23.5. The van der Waals surface area contributed by atoms with E-state index in [0.29, 0.717) is 24.8 Å². The number of ether oxygens (including phenoxy) is 2. The van der Waals surface area contributed by atoms with E-state index in [1.165, 1.54) is 19.6 Å². The summed E-state index contributed by atoms with van der Waals surface area (Å²) in [7, 11) is -2.62. The van der Waals surface area contributed by atoms with E-state index in [0.717, 1.165) is 6.26 Å². The Hall–Kier alpha value is -1.91. The van der Waals surface area contributed by atoms with Gasteiger partial charge >= 0.3 is 11.9 Å². The third kappa shape index (κ3) is 3.66. The summed E-state index contributed by atoms with van der Waals surface area (Å²) in [4.78, 5) is 25.8. The lowest BCUT2D eigenvalue weighted by molar-refractivity contribution is -0.231. The van der Waals surface area contributed by atoms with E-state index in [4.69, 9.17) is 18.1 Å². The van der Waals surface area contributed by atoms with Crippen molar-refractivity contribution < 1.29 is 41.2 Å². The molecule has 0 bridgehead atoms. The number of hydrogen-bond acceptors (Lipinski definition) is 9. The minimum absolute atomic E-state index is 0.0240. The first kappa shape index (κ1) is 23.3. The number of cyclic esters (lactones) is 1. The van der Waals surface area contributed by atoms with Gasteiger partial charge in [0, 0.05) is 11.5 Å². The van der Waals surface area contributed by atoms with Gasteiger partial charge in [-0.05, 0) is 42.6 Å². The molecule has 2 aliphatic carbocycles. The number of methoxy groups -OCH3 is 1. The molecule has 1 aromatic rings. The number of carbonyl (C=O) groups is 2. The molecule has 2 heterocycles. The van der Waals surface area contributed by atoms with Crippen LogP contribution in [0.15, 0.2) is 23.0 Å². The maximum absolute atomic E-state index is 13.1. The van der Waals surface area contributed by atoms with E-state index in [2.05, 4.69) is 0 Å². The van der Waals surface area contributed by atoms with Crippen LogP contribution in [0.4, 0.5) is 0 Å². The Morgan fingerprint density at radius 3 is 2.59 bits per heavy atom. The zero-order valence-electron chi connectivity index (χ0n) is 18.6. The third-order valence-corrected chi connectivity index (χ3v) is 8.60. The van der Waals surface area contributed by atoms with Gasteiger partial charge in [-0.15, -0.1) is 0 Å². The Morgan fingerprint density at radius 1 is 1.28 bits per heavy atom. The first-order valence-electron chi connectivity index (χ1n) is 10.8. The number of carbonyl (C=O) groups excluding carboxylic acids is 2. The number of aliphatic hydroxyl groups excluding tert-OH is 1. The second-order valence-electron chi connectivity index (χ2n) is 9.91. The van der Waals surface area contributed by atoms with Gasteiger partial charge in [-0.25, -0.2) is 0 Å². The van der Waals surface area contributed by atoms with Crippen molar-refractivity contribution in [3.63, 3.8) is 0 Å². The van der Waals surface area contributed by atoms with Crippen LogP contribution >= 0.6 is 0 Å². The topological polar surface area (TPSA) is 129 Å². The fourth-order valence-electron chi connectivity index (χ4n) is 6.71. The van der Waals surface area contributed by atoms with Crippen molar-refractivity contribution in [2.45, 2.75) is 57.8 Å². The van der Waals surface area contributed by atoms with E-state index in [1.54, 1.807) is 6.07 Å². The molecule has 3 aliphatic rings. The minimum atomic E-state index is -3.92. The normalized spacial score (nSPS) is 41.8. The Balaban J connectivity index is 1.84. The first-order chi connectivity index (χ1) is 14.9. The molecule has 178 valence electrons. The monoisotopic (exact) mass is 470 g/mol. The molecule has 0 aromatic carbocycles. The Bertz CT molecular complexity index is 987. The number of hydrogen-bond donors (Lipinski definition) is 1. The summed E-state index contributed by atoms with van der Waals surface area (Å²) in [5.41, 5.74) is -0.842. The Labute approximate surface area is 187 Å². The quantitative estimate of drug-likeness (QED) is 0.520. The highest BCUT2D eigenvalue weighted by atomic mass is 32.2. The van der Waals surface area contributed by atoms with Gasteiger partial charge < -0.3 is 19.0 Å². The van der Waals surface area contributed by atoms with Crippen molar-refractivity contribution in [1.29, 1.82) is 0 Å². The smallest absolute Gasteiger partial charge is 0.310 e. The van der Waals surface area contributed by atoms with E-state index in [9.17, 15) is 23.1 Å². The van der Waals surface area contributed by atoms with Gasteiger partial charge in [0.1, 0.15) is 12.2 Å². The molecule has 9 nitrogen and oxygen atoms in total. The van der Waals surface area contributed by atoms with Crippen LogP contribution in [0.25, 0.3) is 0 Å². The molecule has 8 atom stereocenters. The highest BCUT2D eigenvalue weighted by Crippen LogP contribution is 2.66. The van der Waals surface area contributed by atoms with Crippen LogP contribution in [0.5, 0.6) is 0 Å². The van der Waals surface area contributed by atoms with E-state index in [1.807, 2.05) is 13.8 Å². The highest BCUT2D eigenvalue weighted by Gasteiger charge is 2.68. The molecule has 1 saturated heterocycles. The predicted molar refractivity (Wildman–Crippen MR) is 110 cm³/mol. The molecule has 32 heavy (non-hydrogen) atoms. The summed E-state index contributed by atoms with van der Waals surface area (Å²) in [5, 5.41) is 11.0. The number of esters is 2. The molecule has 2 saturated carbocycles. The molecule has 10 heteroatoms. The zero-order valence-corrected chi connectivity index (χ0v) is 19.5. The van der Waals surface area contributed by atoms with Crippen molar-refractivity contribution in [3.05, 3.63) is 24.2 Å². The minimum Gasteiger partial charge on any atom is -0.472 e. The van der Waals surface area contributed by atoms with E-state index < -0.39 is 63.0 Å². The van der Waals surface area contributed by atoms with Gasteiger partial charge in [-0.3, -0.25) is 13.8 Å². The maximum atomic E-state index is 13.1. The second kappa shape index (κ2) is 7.85. The lowest BCUT2D eigenvalue weighted by Gasteiger charge is -2.63. The van der Waals surface area contributed by atoms with Gasteiger partial charge in [0.15, 0.2) is 0 Å². The number of fused-ring (bicyclic) bond motifs is 3. The van der Waals surface area contributed by atoms with E-state index in [-0.39, 0.29) is 12.4 Å². The summed E-state index contributed by atoms with van der Waals surface area (Å²) in [6, 6.07) is 1.72. The summed E-state index contributed by atoms with van der Waals surface area (Å²) >= 11 is 0. The average Bonchev–Trinajstić information content (AvgIpc) is 3.22. The molecule has 3 fully saturated rings. The van der Waals surface area contributed by atoms with Crippen molar-refractivity contribution >= 4 is 22.1 Å². The second-order valence-corrected chi connectivity index (χ2v) is 11.5. The molecule has 0 unspecified atom stereocenters. The molecule has 0 spiro atoms. The fraction of sp³-hybridized carbons (Fsp3) is 0.727. The molecule has 1 aromatic heterocycles. The van der Waals surface area contributed by atoms with Crippen molar-refractivity contribution in [2.75, 3.05) is 13.4 Å². The molecular weight excluding hydrogens is 440 g/mol. The number of rotatable bonds is 4. The van der Waals surface area contributed by atoms with Gasteiger partial charge in [-0.1, -0.05) is 13.8 Å². The molecule has 1 aliphatic heterocycles. The van der Waals surface area contributed by atoms with Crippen molar-refractivity contribution in [3.8, 4) is 0 Å². The van der Waals surface area contributed by atoms with Gasteiger partial charge in [0.05, 0.1) is 43.8 Å². The van der Waals surface area contributed by atoms with Crippen LogP contribution in [0, 0.1) is 28.6 Å². The maximum Gasteiger partial charge on any atom is 0.310 e. The first-order valence-corrected chi connectivity index (χ1v) is 12.6. The highest BCUT2D eigenvalue weighted by molar-refractivity contribution is 7.86. The van der Waals surface area contributed by atoms with Gasteiger partial charge in [0.2, 0.25) is 0 Å². The van der Waals surface area contributed by atoms with Gasteiger partial charge in [0.25, 0.3) is 10.1 Å². The molecular formula is C22H30O9S. The van der Waals surface area contributed by atoms with Crippen LogP contribution in [0.3, 0.4) is 0 Å². The van der Waals surface area contributed by atoms with Crippen LogP contribution in [0.1, 0.15) is 51.2 Å². The van der Waals surface area contributed by atoms with Gasteiger partial charge in [-0.2, -0.15) is 8.42 Å². The number of aliphatic hydroxyl groups is 1. The summed E-state index contributed by atoms with van der Waals surface area (Å²) < 4.78 is 45.7. The van der Waals surface area contributed by atoms with E-state index >= 15 is 0 Å². The molecule has 1 N–H and O–H groups in total. The molecule has 0 radical (unpaired) electrons. The number of furan rings is 1. The predicted octanol–water partition coefficient (Wildman–Crippen LogP) is 2.20. The standard InChI is InChI=1S/C22H30O9S/c1-21-7-5-13-20(25)30-16(12-6-8-29-11-12)10-22(13,2)18(21)17(31-32(4,26)27)15(23)9-14(21)19(24)28-3/h6,8,11,13-18,23H,5,7,9-10H2,1-4H3/t13-,14-,15-,16-,17-,18-,21-,22-/m0/s1. The Morgan fingerprint density at radius 2 is 2.00 bits per heavy atom. The van der Waals surface area contributed by atoms with Crippen LogP contribution in [-0.2, 0) is 33.4 Å². The largest absolute Gasteiger partial charge is 0.472 e. The molecule has 4 rings (SSSR count). The summed E-state index contributed by atoms with van der Waals surface area (Å²) in [5.74, 6) is -2.62. The lowest BCUT2D eigenvalue weighted by Crippen LogP contribution is -2.66. The summed E-state index contributed by atoms with van der Waals surface area (Å²) in [6.45, 7) is 3.83. The Kier molecular flexibility index (Phi) is 5.70. The SMILES string of the molecule is COC(=O)[C@@H]1C[C@H](O)[C@H](OS(C)(=O)=O)[C@H]2[C@@]1(C)CC[C@H]1C(=O)O[C@H](c3ccoc3)C[C@]21C. The van der Waals surface area contributed by atoms with Crippen molar-refractivity contribution in [1.82, 2.24) is 0 Å². The fourth-order valence-corrected chi connectivity index (χ4v) is 7.36. The third-order valence-electron chi connectivity index (χ3n) is 8.02. The van der Waals surface area contributed by atoms with Crippen LogP contribution in [0.2, 0.25) is 0 Å².